The first kappa shape index (κ1) is 64.0. The van der Waals surface area contributed by atoms with E-state index >= 15 is 9.59 Å². The number of benzene rings is 8. The first-order chi connectivity index (χ1) is 50.2. The van der Waals surface area contributed by atoms with E-state index in [1.54, 1.807) is 79.0 Å². The number of nitrogens with one attached hydrogen (secondary N) is 6. The predicted octanol–water partition coefficient (Wildman–Crippen LogP) is 16.5. The molecule has 12 aromatic rings. The van der Waals surface area contributed by atoms with Crippen molar-refractivity contribution in [3.8, 4) is 44.5 Å². The molecule has 18 heteroatoms. The zero-order valence-electron chi connectivity index (χ0n) is 55.1. The van der Waals surface area contributed by atoms with Crippen molar-refractivity contribution in [1.82, 2.24) is 29.8 Å². The second-order valence-electron chi connectivity index (χ2n) is 25.9. The van der Waals surface area contributed by atoms with Gasteiger partial charge in [0.1, 0.15) is 0 Å². The minimum atomic E-state index is -2.44. The van der Waals surface area contributed by atoms with Crippen LogP contribution in [-0.2, 0) is 42.1 Å². The Morgan fingerprint density at radius 3 is 1.02 bits per heavy atom. The van der Waals surface area contributed by atoms with Gasteiger partial charge < -0.3 is 41.4 Å². The lowest BCUT2D eigenvalue weighted by molar-refractivity contribution is -0.164. The third-order valence-corrected chi connectivity index (χ3v) is 19.1. The van der Waals surface area contributed by atoms with Crippen LogP contribution in [0.4, 0.5) is 22.7 Å². The molecule has 4 aromatic heterocycles. The van der Waals surface area contributed by atoms with Crippen LogP contribution >= 0.6 is 0 Å². The fraction of sp³-hybridized carbons (Fsp3) is 0.0706. The maximum atomic E-state index is 15.1. The molecule has 0 radical (unpaired) electrons. The maximum absolute atomic E-state index is 15.1. The van der Waals surface area contributed by atoms with Crippen molar-refractivity contribution in [2.24, 2.45) is 5.41 Å². The number of hydrogen-bond donors (Lipinski definition) is 8. The first-order valence-electron chi connectivity index (χ1n) is 33.5. The van der Waals surface area contributed by atoms with Gasteiger partial charge in [0.25, 0.3) is 23.6 Å². The highest BCUT2D eigenvalue weighted by molar-refractivity contribution is 6.13. The van der Waals surface area contributed by atoms with Gasteiger partial charge >= 0.3 is 11.9 Å². The predicted molar refractivity (Wildman–Crippen MR) is 400 cm³/mol. The van der Waals surface area contributed by atoms with E-state index in [0.29, 0.717) is 143 Å². The van der Waals surface area contributed by atoms with Gasteiger partial charge in [0, 0.05) is 144 Å². The largest absolute Gasteiger partial charge is 0.480 e. The maximum Gasteiger partial charge on any atom is 0.321 e. The van der Waals surface area contributed by atoms with Crippen LogP contribution in [0, 0.1) is 5.41 Å². The van der Waals surface area contributed by atoms with Crippen molar-refractivity contribution in [2.75, 3.05) is 21.3 Å². The number of carboxylic acid groups (broad SMARTS) is 2. The number of aromatic nitrogens is 5. The number of rotatable bonds is 4. The molecule has 10 heterocycles. The monoisotopic (exact) mass is 1350 g/mol. The number of aliphatic carboxylic acids is 2. The smallest absolute Gasteiger partial charge is 0.321 e. The zero-order chi connectivity index (χ0) is 70.3. The molecule has 8 N–H and O–H groups in total. The fourth-order valence-corrected chi connectivity index (χ4v) is 14.2. The van der Waals surface area contributed by atoms with Crippen molar-refractivity contribution in [1.29, 1.82) is 0 Å². The van der Waals surface area contributed by atoms with E-state index < -0.39 is 42.0 Å². The summed E-state index contributed by atoms with van der Waals surface area (Å²) in [5, 5.41) is 34.8. The summed E-state index contributed by atoms with van der Waals surface area (Å²) in [6.07, 6.45) is 10.2. The van der Waals surface area contributed by atoms with Crippen LogP contribution in [0.2, 0.25) is 0 Å². The number of anilines is 4. The second-order valence-corrected chi connectivity index (χ2v) is 25.9. The van der Waals surface area contributed by atoms with Gasteiger partial charge in [-0.1, -0.05) is 127 Å². The van der Waals surface area contributed by atoms with Gasteiger partial charge in [-0.3, -0.25) is 38.7 Å². The van der Waals surface area contributed by atoms with Gasteiger partial charge in [-0.2, -0.15) is 0 Å². The highest BCUT2D eigenvalue weighted by Gasteiger charge is 2.47. The number of para-hydroxylation sites is 4. The van der Waals surface area contributed by atoms with Crippen LogP contribution < -0.4 is 21.3 Å². The first-order valence-corrected chi connectivity index (χ1v) is 33.5. The van der Waals surface area contributed by atoms with Gasteiger partial charge in [-0.15, -0.1) is 0 Å². The third-order valence-electron chi connectivity index (χ3n) is 19.1. The van der Waals surface area contributed by atoms with Gasteiger partial charge in [0.2, 0.25) is 0 Å². The minimum absolute atomic E-state index is 0.116. The molecule has 20 bridgehead atoms. The molecule has 0 aliphatic carbocycles. The molecule has 18 rings (SSSR count). The topological polar surface area (TPSA) is 264 Å². The number of aromatic amines is 2. The summed E-state index contributed by atoms with van der Waals surface area (Å²) in [7, 11) is 0. The molecule has 6 aliphatic rings. The number of nitrogens with zero attached hydrogens (tertiary/aromatic N) is 4. The average Bonchev–Trinajstić information content (AvgIpc) is 1.64. The Labute approximate surface area is 589 Å². The molecule has 4 amide bonds. The summed E-state index contributed by atoms with van der Waals surface area (Å²) < 4.78 is 0. The lowest BCUT2D eigenvalue weighted by Crippen LogP contribution is -2.43. The number of carbonyl (C=O) groups excluding carboxylic acids is 4. The summed E-state index contributed by atoms with van der Waals surface area (Å²) in [5.41, 5.74) is 12.3. The van der Waals surface area contributed by atoms with Crippen LogP contribution in [-0.4, -0.2) is 75.6 Å². The van der Waals surface area contributed by atoms with Gasteiger partial charge in [0.05, 0.1) is 22.8 Å². The van der Waals surface area contributed by atoms with Crippen LogP contribution in [0.3, 0.4) is 0 Å². The Hall–Kier alpha value is -13.7. The Morgan fingerprint density at radius 1 is 0.379 bits per heavy atom. The molecule has 8 aromatic carbocycles. The molecule has 0 saturated heterocycles. The number of H-pyrrole nitrogens is 2. The Balaban J connectivity index is 0.997. The normalized spacial score (nSPS) is 14.2. The lowest BCUT2D eigenvalue weighted by atomic mass is 9.76. The summed E-state index contributed by atoms with van der Waals surface area (Å²) in [5.74, 6) is -5.09. The molecular formula is C85H62N10O8. The van der Waals surface area contributed by atoms with E-state index in [0.717, 1.165) is 16.7 Å². The summed E-state index contributed by atoms with van der Waals surface area (Å²) in [4.78, 5) is 113. The summed E-state index contributed by atoms with van der Waals surface area (Å²) >= 11 is 0. The van der Waals surface area contributed by atoms with E-state index in [-0.39, 0.29) is 34.1 Å². The number of pyridine rings is 1. The number of amides is 4. The molecule has 0 spiro atoms. The highest BCUT2D eigenvalue weighted by atomic mass is 16.4. The molecule has 0 unspecified atom stereocenters. The standard InChI is InChI=1S/C85H62N10O8/c96-79-55-19-9-14-50(40-55)44-85(83(100)101,84(102)103)45-51-15-10-20-56(41-51)80(97)92-64-28-6-2-24-60(64)76-69-33-37-73(89-69)77-61-25-3-7-29-65(61)93-81(98)57-21-11-16-52(42-57)47-95(49-54-18-13-39-86-46-54)48-53-17-12-22-58(43-53)82(99)94-66-30-8-4-26-62(66)78(74-38-34-70(76)90-74)72-36-32-68(88-72)75(67-31-35-71(77)87-67)59-23-1-5-27-63(59)91-79/h1-43,46,87,90H,44-45,47-49H2,(H,91,96)(H,92,97)(H,93,98)(H,94,99)(H,100,101)(H,102,103). The number of carboxylic acids is 2. The van der Waals surface area contributed by atoms with Crippen molar-refractivity contribution in [2.45, 2.75) is 32.5 Å². The number of hydrogen-bond acceptors (Lipinski definition) is 10. The van der Waals surface area contributed by atoms with Gasteiger partial charge in [-0.05, 0) is 168 Å². The zero-order valence-corrected chi connectivity index (χ0v) is 55.1. The van der Waals surface area contributed by atoms with Gasteiger partial charge in [-0.25, -0.2) is 9.97 Å². The average molecular weight is 1350 g/mol. The van der Waals surface area contributed by atoms with Crippen molar-refractivity contribution in [3.05, 3.63) is 316 Å². The SMILES string of the molecule is O=C1Nc2ccccc2-c2c3nc(c4c5ccc([nH]5)c(c5nc(c(c6ccc2[nH]6)-c2ccccc2NC(=O)c2cccc(c2)CC(C(=O)O)(C(=O)O)Cc2cccc(c2)C(=O)Nc2ccccc2-4)C=C5)-c2ccccc2NC(=O)c2cccc(c2)CN(Cc2cccnc2)Cc2cccc1c2)C=C3. The van der Waals surface area contributed by atoms with Gasteiger partial charge in [0.15, 0.2) is 5.41 Å². The van der Waals surface area contributed by atoms with Crippen LogP contribution in [0.5, 0.6) is 0 Å². The Morgan fingerprint density at radius 2 is 0.699 bits per heavy atom. The van der Waals surface area contributed by atoms with Crippen LogP contribution in [0.1, 0.15) is 92.0 Å². The summed E-state index contributed by atoms with van der Waals surface area (Å²) in [6.45, 7) is 1.39. The van der Waals surface area contributed by atoms with Crippen LogP contribution in [0.15, 0.2) is 243 Å². The summed E-state index contributed by atoms with van der Waals surface area (Å²) in [6, 6.07) is 68.9. The number of carbonyl (C=O) groups is 6. The quantitative estimate of drug-likeness (QED) is 0.0765. The molecule has 103 heavy (non-hydrogen) atoms. The number of fused-ring (bicyclic) bond motifs is 8. The molecule has 18 nitrogen and oxygen atoms in total. The Kier molecular flexibility index (Phi) is 16.7. The molecule has 0 atom stereocenters. The van der Waals surface area contributed by atoms with Crippen molar-refractivity contribution in [3.63, 3.8) is 0 Å². The highest BCUT2D eigenvalue weighted by Crippen LogP contribution is 2.44. The molecule has 0 fully saturated rings. The van der Waals surface area contributed by atoms with E-state index in [1.807, 2.05) is 176 Å². The van der Waals surface area contributed by atoms with Crippen LogP contribution in [0.25, 0.3) is 90.9 Å². The Bertz CT molecular complexity index is 5440. The minimum Gasteiger partial charge on any atom is -0.480 e. The molecular weight excluding hydrogens is 1290 g/mol. The van der Waals surface area contributed by atoms with E-state index in [4.69, 9.17) is 9.97 Å². The third kappa shape index (κ3) is 12.6. The van der Waals surface area contributed by atoms with E-state index in [9.17, 15) is 29.4 Å². The van der Waals surface area contributed by atoms with E-state index in [1.165, 1.54) is 12.1 Å². The fourth-order valence-electron chi connectivity index (χ4n) is 14.2. The van der Waals surface area contributed by atoms with Crippen molar-refractivity contribution >= 4 is 105 Å². The molecule has 500 valence electrons. The molecule has 0 saturated carbocycles. The van der Waals surface area contributed by atoms with E-state index in [2.05, 4.69) is 41.1 Å². The van der Waals surface area contributed by atoms with Crippen molar-refractivity contribution < 1.29 is 39.0 Å². The molecule has 6 aliphatic heterocycles. The second kappa shape index (κ2) is 26.8. The lowest BCUT2D eigenvalue weighted by Gasteiger charge is -2.25.